The predicted octanol–water partition coefficient (Wildman–Crippen LogP) is 1.46. The first-order valence-electron chi connectivity index (χ1n) is 7.46. The molecule has 1 heterocycles. The molecule has 0 amide bonds. The van der Waals surface area contributed by atoms with E-state index >= 15 is 0 Å². The molecule has 104 valence electrons. The molecular weight excluding hydrogens is 242 g/mol. The summed E-state index contributed by atoms with van der Waals surface area (Å²) < 4.78 is 6.03. The Hall–Kier alpha value is 0.270. The molecule has 0 radical (unpaired) electrons. The summed E-state index contributed by atoms with van der Waals surface area (Å²) >= 11 is 2.12. The van der Waals surface area contributed by atoms with Crippen LogP contribution in [-0.4, -0.2) is 43.3 Å². The Labute approximate surface area is 116 Å². The second-order valence-corrected chi connectivity index (χ2v) is 8.66. The molecule has 1 saturated heterocycles. The molecule has 1 aliphatic heterocycles. The van der Waals surface area contributed by atoms with Crippen molar-refractivity contribution in [2.24, 2.45) is 17.3 Å². The van der Waals surface area contributed by atoms with Gasteiger partial charge in [0, 0.05) is 6.42 Å². The number of morpholine rings is 1. The van der Waals surface area contributed by atoms with Crippen molar-refractivity contribution in [3.05, 3.63) is 0 Å². The molecule has 3 fully saturated rings. The van der Waals surface area contributed by atoms with Gasteiger partial charge in [-0.2, -0.15) is 11.8 Å². The lowest BCUT2D eigenvalue weighted by Crippen LogP contribution is -3.19. The maximum atomic E-state index is 5.54. The summed E-state index contributed by atoms with van der Waals surface area (Å²) in [7, 11) is 0. The Morgan fingerprint density at radius 2 is 1.78 bits per heavy atom. The van der Waals surface area contributed by atoms with Crippen LogP contribution in [0.3, 0.4) is 0 Å². The SMILES string of the molecule is CS[C@]1(C)C[C@H]2[C@@H](C[C@H]1[NH+]1CCOCC1)C2(C)C. The molecule has 2 aliphatic carbocycles. The van der Waals surface area contributed by atoms with E-state index in [9.17, 15) is 0 Å². The van der Waals surface area contributed by atoms with Crippen molar-refractivity contribution in [1.82, 2.24) is 0 Å². The minimum atomic E-state index is 0.488. The quantitative estimate of drug-likeness (QED) is 0.816. The van der Waals surface area contributed by atoms with Crippen molar-refractivity contribution >= 4 is 11.8 Å². The van der Waals surface area contributed by atoms with Gasteiger partial charge in [-0.3, -0.25) is 0 Å². The van der Waals surface area contributed by atoms with E-state index in [1.54, 1.807) is 0 Å². The van der Waals surface area contributed by atoms with Crippen molar-refractivity contribution in [1.29, 1.82) is 0 Å². The van der Waals surface area contributed by atoms with Gasteiger partial charge in [-0.05, 0) is 36.9 Å². The van der Waals surface area contributed by atoms with Crippen LogP contribution in [0.2, 0.25) is 0 Å². The first-order valence-corrected chi connectivity index (χ1v) is 8.69. The van der Waals surface area contributed by atoms with Gasteiger partial charge < -0.3 is 9.64 Å². The highest BCUT2D eigenvalue weighted by Crippen LogP contribution is 2.67. The Morgan fingerprint density at radius 3 is 2.39 bits per heavy atom. The molecule has 0 bridgehead atoms. The molecular formula is C15H28NOS+. The summed E-state index contributed by atoms with van der Waals surface area (Å²) in [5.41, 5.74) is 0.622. The predicted molar refractivity (Wildman–Crippen MR) is 77.2 cm³/mol. The normalized spacial score (nSPS) is 47.7. The van der Waals surface area contributed by atoms with Crippen molar-refractivity contribution in [3.8, 4) is 0 Å². The number of hydrogen-bond acceptors (Lipinski definition) is 2. The zero-order valence-electron chi connectivity index (χ0n) is 12.3. The third kappa shape index (κ3) is 1.94. The summed E-state index contributed by atoms with van der Waals surface area (Å²) in [6.45, 7) is 11.9. The highest BCUT2D eigenvalue weighted by Gasteiger charge is 2.65. The molecule has 18 heavy (non-hydrogen) atoms. The zero-order valence-corrected chi connectivity index (χ0v) is 13.1. The zero-order chi connectivity index (χ0) is 13.0. The second-order valence-electron chi connectivity index (χ2n) is 7.31. The standard InChI is InChI=1S/C15H27NOS/c1-14(2)11-9-13(16-5-7-17-8-6-16)15(3,18-4)10-12(11)14/h11-13H,5-10H2,1-4H3/p+1/t11-,12+,13-,15-/m1/s1. The topological polar surface area (TPSA) is 13.7 Å². The van der Waals surface area contributed by atoms with Crippen molar-refractivity contribution in [2.45, 2.75) is 44.4 Å². The third-order valence-electron chi connectivity index (χ3n) is 6.23. The van der Waals surface area contributed by atoms with E-state index in [0.29, 0.717) is 10.2 Å². The van der Waals surface area contributed by atoms with Gasteiger partial charge in [0.25, 0.3) is 0 Å². The number of hydrogen-bond donors (Lipinski definition) is 1. The van der Waals surface area contributed by atoms with Gasteiger partial charge >= 0.3 is 0 Å². The first kappa shape index (κ1) is 13.3. The summed E-state index contributed by atoms with van der Waals surface area (Å²) in [5.74, 6) is 1.99. The smallest absolute Gasteiger partial charge is 0.102 e. The average Bonchev–Trinajstić information content (AvgIpc) is 2.90. The molecule has 3 rings (SSSR count). The Balaban J connectivity index is 1.78. The molecule has 0 aromatic heterocycles. The Morgan fingerprint density at radius 1 is 1.11 bits per heavy atom. The summed E-state index contributed by atoms with van der Waals surface area (Å²) in [6, 6.07) is 0.847. The molecule has 3 heteroatoms. The van der Waals surface area contributed by atoms with Crippen LogP contribution in [-0.2, 0) is 4.74 Å². The molecule has 0 aromatic carbocycles. The first-order chi connectivity index (χ1) is 8.49. The van der Waals surface area contributed by atoms with Crippen molar-refractivity contribution < 1.29 is 9.64 Å². The molecule has 0 unspecified atom stereocenters. The maximum Gasteiger partial charge on any atom is 0.102 e. The monoisotopic (exact) mass is 270 g/mol. The lowest BCUT2D eigenvalue weighted by molar-refractivity contribution is -0.936. The van der Waals surface area contributed by atoms with Gasteiger partial charge in [-0.15, -0.1) is 0 Å². The van der Waals surface area contributed by atoms with Gasteiger partial charge in [0.1, 0.15) is 19.1 Å². The fraction of sp³-hybridized carbons (Fsp3) is 1.00. The molecule has 1 N–H and O–H groups in total. The molecule has 2 nitrogen and oxygen atoms in total. The van der Waals surface area contributed by atoms with Crippen LogP contribution < -0.4 is 4.90 Å². The number of quaternary nitrogens is 1. The lowest BCUT2D eigenvalue weighted by atomic mass is 9.83. The van der Waals surface area contributed by atoms with Crippen LogP contribution in [0.4, 0.5) is 0 Å². The number of thioether (sulfide) groups is 1. The van der Waals surface area contributed by atoms with Crippen LogP contribution in [0, 0.1) is 17.3 Å². The maximum absolute atomic E-state index is 5.54. The number of rotatable bonds is 2. The van der Waals surface area contributed by atoms with E-state index in [4.69, 9.17) is 4.74 Å². The van der Waals surface area contributed by atoms with E-state index in [1.165, 1.54) is 25.9 Å². The molecule has 2 saturated carbocycles. The van der Waals surface area contributed by atoms with Crippen LogP contribution in [0.25, 0.3) is 0 Å². The van der Waals surface area contributed by atoms with Crippen LogP contribution in [0.5, 0.6) is 0 Å². The minimum Gasteiger partial charge on any atom is -0.370 e. The van der Waals surface area contributed by atoms with E-state index in [2.05, 4.69) is 38.8 Å². The van der Waals surface area contributed by atoms with Gasteiger partial charge in [-0.25, -0.2) is 0 Å². The third-order valence-corrected chi connectivity index (χ3v) is 7.62. The fourth-order valence-electron chi connectivity index (χ4n) is 4.62. The summed E-state index contributed by atoms with van der Waals surface area (Å²) in [4.78, 5) is 1.82. The van der Waals surface area contributed by atoms with Gasteiger partial charge in [0.15, 0.2) is 0 Å². The average molecular weight is 270 g/mol. The van der Waals surface area contributed by atoms with Gasteiger partial charge in [-0.1, -0.05) is 13.8 Å². The van der Waals surface area contributed by atoms with Gasteiger partial charge in [0.2, 0.25) is 0 Å². The highest BCUT2D eigenvalue weighted by atomic mass is 32.2. The highest BCUT2D eigenvalue weighted by molar-refractivity contribution is 8.00. The molecule has 0 spiro atoms. The summed E-state index contributed by atoms with van der Waals surface area (Å²) in [6.07, 6.45) is 5.20. The number of nitrogens with one attached hydrogen (secondary N) is 1. The Kier molecular flexibility index (Phi) is 3.23. The minimum absolute atomic E-state index is 0.488. The van der Waals surface area contributed by atoms with Gasteiger partial charge in [0.05, 0.1) is 18.0 Å². The van der Waals surface area contributed by atoms with E-state index in [-0.39, 0.29) is 0 Å². The van der Waals surface area contributed by atoms with E-state index in [1.807, 2.05) is 4.90 Å². The van der Waals surface area contributed by atoms with E-state index < -0.39 is 0 Å². The van der Waals surface area contributed by atoms with E-state index in [0.717, 1.165) is 31.1 Å². The molecule has 3 aliphatic rings. The largest absolute Gasteiger partial charge is 0.370 e. The van der Waals surface area contributed by atoms with Crippen molar-refractivity contribution in [3.63, 3.8) is 0 Å². The fourth-order valence-corrected chi connectivity index (χ4v) is 5.51. The van der Waals surface area contributed by atoms with Crippen LogP contribution in [0.15, 0.2) is 0 Å². The second kappa shape index (κ2) is 4.39. The lowest BCUT2D eigenvalue weighted by Gasteiger charge is -2.44. The van der Waals surface area contributed by atoms with Crippen molar-refractivity contribution in [2.75, 3.05) is 32.6 Å². The molecule has 4 atom stereocenters. The van der Waals surface area contributed by atoms with Crippen LogP contribution in [0.1, 0.15) is 33.6 Å². The van der Waals surface area contributed by atoms with Crippen LogP contribution >= 0.6 is 11.8 Å². The summed E-state index contributed by atoms with van der Waals surface area (Å²) in [5, 5.41) is 0. The molecule has 0 aromatic rings. The Bertz CT molecular complexity index is 326. The number of fused-ring (bicyclic) bond motifs is 1. The number of ether oxygens (including phenoxy) is 1.